The molecule has 8 nitrogen and oxygen atoms in total. The summed E-state index contributed by atoms with van der Waals surface area (Å²) in [5.41, 5.74) is 2.70. The second-order valence-corrected chi connectivity index (χ2v) is 8.58. The molecular weight excluding hydrogens is 428 g/mol. The highest BCUT2D eigenvalue weighted by Gasteiger charge is 2.44. The lowest BCUT2D eigenvalue weighted by Crippen LogP contribution is -2.60. The van der Waals surface area contributed by atoms with Crippen LogP contribution in [0.5, 0.6) is 5.75 Å². The molecule has 0 radical (unpaired) electrons. The van der Waals surface area contributed by atoms with Crippen LogP contribution >= 0.6 is 0 Å². The number of hydrogen-bond acceptors (Lipinski definition) is 8. The van der Waals surface area contributed by atoms with Gasteiger partial charge in [0.2, 0.25) is 5.95 Å². The van der Waals surface area contributed by atoms with E-state index in [-0.39, 0.29) is 12.2 Å². The molecule has 0 aliphatic heterocycles. The first kappa shape index (κ1) is 22.1. The molecule has 1 aliphatic rings. The number of methoxy groups -OCH3 is 1. The number of fused-ring (bicyclic) bond motifs is 1. The fraction of sp³-hybridized carbons (Fsp3) is 0.269. The Bertz CT molecular complexity index is 1260. The van der Waals surface area contributed by atoms with Gasteiger partial charge in [0.05, 0.1) is 17.4 Å². The Hall–Kier alpha value is -3.75. The molecule has 1 saturated carbocycles. The van der Waals surface area contributed by atoms with Crippen LogP contribution in [0, 0.1) is 0 Å². The zero-order chi connectivity index (χ0) is 23.5. The molecule has 2 aromatic heterocycles. The van der Waals surface area contributed by atoms with E-state index in [0.717, 1.165) is 34.4 Å². The topological polar surface area (TPSA) is 84.4 Å². The molecule has 2 heterocycles. The summed E-state index contributed by atoms with van der Waals surface area (Å²) in [6.07, 6.45) is 4.60. The Morgan fingerprint density at radius 2 is 1.76 bits per heavy atom. The monoisotopic (exact) mass is 456 g/mol. The maximum absolute atomic E-state index is 6.13. The van der Waals surface area contributed by atoms with Crippen molar-refractivity contribution in [2.24, 2.45) is 0 Å². The van der Waals surface area contributed by atoms with Gasteiger partial charge >= 0.3 is 0 Å². The van der Waals surface area contributed by atoms with Gasteiger partial charge in [0, 0.05) is 36.8 Å². The first-order valence-electron chi connectivity index (χ1n) is 11.3. The van der Waals surface area contributed by atoms with Crippen LogP contribution in [-0.2, 0) is 4.74 Å². The standard InChI is InChI=1S/C26H28N6O2/c1-32(2)22-15-23(25(22)33-3)34-20-10-8-18(9-11-20)30-26-27-13-12-24(31-26)29-19-14-17-6-4-5-7-21(17)28-16-19/h4-14,16,22-23,25H,15H2,1-3H3,(H2,27,29,30,31)/t22-,23-,25-/m0/s1. The maximum Gasteiger partial charge on any atom is 0.229 e. The highest BCUT2D eigenvalue weighted by Crippen LogP contribution is 2.32. The molecule has 0 saturated heterocycles. The Labute approximate surface area is 199 Å². The summed E-state index contributed by atoms with van der Waals surface area (Å²) in [5.74, 6) is 2.00. The van der Waals surface area contributed by atoms with Crippen LogP contribution in [0.15, 0.2) is 73.1 Å². The molecule has 2 aromatic carbocycles. The van der Waals surface area contributed by atoms with E-state index in [1.165, 1.54) is 0 Å². The third kappa shape index (κ3) is 4.78. The Morgan fingerprint density at radius 3 is 2.56 bits per heavy atom. The molecule has 0 unspecified atom stereocenters. The number of hydrogen-bond donors (Lipinski definition) is 2. The van der Waals surface area contributed by atoms with E-state index in [0.29, 0.717) is 17.8 Å². The van der Waals surface area contributed by atoms with Crippen molar-refractivity contribution in [3.8, 4) is 5.75 Å². The van der Waals surface area contributed by atoms with E-state index in [1.54, 1.807) is 19.5 Å². The van der Waals surface area contributed by atoms with Gasteiger partial charge in [0.15, 0.2) is 0 Å². The lowest BCUT2D eigenvalue weighted by Gasteiger charge is -2.46. The normalized spacial score (nSPS) is 19.6. The summed E-state index contributed by atoms with van der Waals surface area (Å²) >= 11 is 0. The van der Waals surface area contributed by atoms with Crippen molar-refractivity contribution in [2.45, 2.75) is 24.7 Å². The largest absolute Gasteiger partial charge is 0.488 e. The molecule has 1 aliphatic carbocycles. The predicted molar refractivity (Wildman–Crippen MR) is 134 cm³/mol. The van der Waals surface area contributed by atoms with Crippen LogP contribution in [0.25, 0.3) is 10.9 Å². The smallest absolute Gasteiger partial charge is 0.229 e. The molecule has 174 valence electrons. The van der Waals surface area contributed by atoms with E-state index >= 15 is 0 Å². The highest BCUT2D eigenvalue weighted by atomic mass is 16.5. The van der Waals surface area contributed by atoms with E-state index in [2.05, 4.69) is 44.6 Å². The van der Waals surface area contributed by atoms with Crippen molar-refractivity contribution in [3.63, 3.8) is 0 Å². The number of ether oxygens (including phenoxy) is 2. The van der Waals surface area contributed by atoms with Crippen molar-refractivity contribution >= 4 is 34.0 Å². The summed E-state index contributed by atoms with van der Waals surface area (Å²) < 4.78 is 11.7. The third-order valence-electron chi connectivity index (χ3n) is 6.07. The van der Waals surface area contributed by atoms with Gasteiger partial charge in [0.1, 0.15) is 23.8 Å². The van der Waals surface area contributed by atoms with Crippen molar-refractivity contribution in [1.29, 1.82) is 0 Å². The van der Waals surface area contributed by atoms with E-state index < -0.39 is 0 Å². The Balaban J connectivity index is 1.21. The number of aromatic nitrogens is 3. The fourth-order valence-electron chi connectivity index (χ4n) is 4.18. The summed E-state index contributed by atoms with van der Waals surface area (Å²) in [6, 6.07) is 20.1. The second kappa shape index (κ2) is 9.62. The zero-order valence-electron chi connectivity index (χ0n) is 19.5. The Morgan fingerprint density at radius 1 is 0.941 bits per heavy atom. The van der Waals surface area contributed by atoms with Gasteiger partial charge in [-0.1, -0.05) is 18.2 Å². The maximum atomic E-state index is 6.13. The van der Waals surface area contributed by atoms with Gasteiger partial charge in [-0.15, -0.1) is 0 Å². The average molecular weight is 457 g/mol. The quantitative estimate of drug-likeness (QED) is 0.398. The summed E-state index contributed by atoms with van der Waals surface area (Å²) in [7, 11) is 5.88. The van der Waals surface area contributed by atoms with Gasteiger partial charge in [-0.25, -0.2) is 4.98 Å². The van der Waals surface area contributed by atoms with Gasteiger partial charge in [-0.3, -0.25) is 4.98 Å². The molecule has 2 N–H and O–H groups in total. The number of benzene rings is 2. The SMILES string of the molecule is CO[C@@H]1[C@@H](Oc2ccc(Nc3nccc(Nc4cnc5ccccc5c4)n3)cc2)C[C@@H]1N(C)C. The summed E-state index contributed by atoms with van der Waals surface area (Å²) in [5, 5.41) is 7.61. The van der Waals surface area contributed by atoms with Crippen molar-refractivity contribution in [1.82, 2.24) is 19.9 Å². The molecule has 1 fully saturated rings. The van der Waals surface area contributed by atoms with Gasteiger partial charge in [-0.05, 0) is 56.6 Å². The molecule has 3 atom stereocenters. The lowest BCUT2D eigenvalue weighted by molar-refractivity contribution is -0.116. The highest BCUT2D eigenvalue weighted by molar-refractivity contribution is 5.82. The number of nitrogens with one attached hydrogen (secondary N) is 2. The molecular formula is C26H28N6O2. The molecule has 34 heavy (non-hydrogen) atoms. The van der Waals surface area contributed by atoms with E-state index in [9.17, 15) is 0 Å². The minimum atomic E-state index is 0.0619. The molecule has 0 spiro atoms. The van der Waals surface area contributed by atoms with E-state index in [1.807, 2.05) is 60.7 Å². The van der Waals surface area contributed by atoms with Crippen LogP contribution in [-0.4, -0.2) is 59.3 Å². The molecule has 4 aromatic rings. The lowest BCUT2D eigenvalue weighted by atomic mass is 9.84. The van der Waals surface area contributed by atoms with Gasteiger partial charge < -0.3 is 25.0 Å². The van der Waals surface area contributed by atoms with Crippen LogP contribution in [0.1, 0.15) is 6.42 Å². The number of rotatable bonds is 8. The second-order valence-electron chi connectivity index (χ2n) is 8.58. The number of pyridine rings is 1. The molecule has 8 heteroatoms. The first-order valence-corrected chi connectivity index (χ1v) is 11.3. The van der Waals surface area contributed by atoms with Gasteiger partial charge in [0.25, 0.3) is 0 Å². The van der Waals surface area contributed by atoms with Crippen LogP contribution in [0.2, 0.25) is 0 Å². The first-order chi connectivity index (χ1) is 16.6. The Kier molecular flexibility index (Phi) is 6.24. The predicted octanol–water partition coefficient (Wildman–Crippen LogP) is 4.61. The fourth-order valence-corrected chi connectivity index (χ4v) is 4.18. The minimum Gasteiger partial charge on any atom is -0.488 e. The van der Waals surface area contributed by atoms with Crippen molar-refractivity contribution < 1.29 is 9.47 Å². The minimum absolute atomic E-state index is 0.0619. The summed E-state index contributed by atoms with van der Waals surface area (Å²) in [6.45, 7) is 0. The number of likely N-dealkylation sites (N-methyl/N-ethyl adjacent to an activating group) is 1. The number of anilines is 4. The average Bonchev–Trinajstić information content (AvgIpc) is 2.83. The molecule has 0 bridgehead atoms. The van der Waals surface area contributed by atoms with Crippen LogP contribution in [0.3, 0.4) is 0 Å². The molecule has 5 rings (SSSR count). The number of para-hydroxylation sites is 1. The third-order valence-corrected chi connectivity index (χ3v) is 6.07. The van der Waals surface area contributed by atoms with Gasteiger partial charge in [-0.2, -0.15) is 4.98 Å². The van der Waals surface area contributed by atoms with Crippen LogP contribution in [0.4, 0.5) is 23.1 Å². The zero-order valence-corrected chi connectivity index (χ0v) is 19.5. The van der Waals surface area contributed by atoms with Crippen molar-refractivity contribution in [2.75, 3.05) is 31.8 Å². The molecule has 0 amide bonds. The summed E-state index contributed by atoms with van der Waals surface area (Å²) in [4.78, 5) is 15.6. The number of nitrogens with zero attached hydrogens (tertiary/aromatic N) is 4. The van der Waals surface area contributed by atoms with E-state index in [4.69, 9.17) is 9.47 Å². The van der Waals surface area contributed by atoms with Crippen LogP contribution < -0.4 is 15.4 Å². The van der Waals surface area contributed by atoms with Crippen molar-refractivity contribution in [3.05, 3.63) is 73.1 Å².